The van der Waals surface area contributed by atoms with Crippen molar-refractivity contribution in [3.8, 4) is 0 Å². The monoisotopic (exact) mass is 502 g/mol. The molecule has 0 aromatic heterocycles. The lowest BCUT2D eigenvalue weighted by Gasteiger charge is -2.59. The summed E-state index contributed by atoms with van der Waals surface area (Å²) < 4.78 is 24.2. The zero-order valence-corrected chi connectivity index (χ0v) is 22.8. The van der Waals surface area contributed by atoms with Crippen molar-refractivity contribution >= 4 is 11.9 Å². The average molecular weight is 503 g/mol. The first kappa shape index (κ1) is 26.2. The predicted octanol–water partition coefficient (Wildman–Crippen LogP) is 5.97. The molecule has 1 aliphatic heterocycles. The van der Waals surface area contributed by atoms with Gasteiger partial charge in [-0.15, -0.1) is 0 Å². The summed E-state index contributed by atoms with van der Waals surface area (Å²) in [6.45, 7) is 9.26. The lowest BCUT2D eigenvalue weighted by Crippen LogP contribution is -2.55. The van der Waals surface area contributed by atoms with Gasteiger partial charge in [-0.05, 0) is 81.5 Å². The van der Waals surface area contributed by atoms with Crippen LogP contribution in [0.3, 0.4) is 0 Å². The highest BCUT2D eigenvalue weighted by Gasteiger charge is 2.63. The average Bonchev–Trinajstić information content (AvgIpc) is 3.14. The number of hydrogen-bond acceptors (Lipinski definition) is 6. The van der Waals surface area contributed by atoms with E-state index >= 15 is 0 Å². The van der Waals surface area contributed by atoms with Crippen LogP contribution in [0.2, 0.25) is 0 Å². The van der Waals surface area contributed by atoms with Crippen LogP contribution in [0.4, 0.5) is 0 Å². The molecule has 3 saturated carbocycles. The first-order valence-electron chi connectivity index (χ1n) is 14.5. The topological polar surface area (TPSA) is 71.1 Å². The molecule has 36 heavy (non-hydrogen) atoms. The SMILES string of the molecule is CCC1CC(OC(C)=O)[C@@]2(C)CC[C@@H]3[C@@H](CC=C4CC(OC(C)=O)CC[C@@]43COC3CCCCO3)[C@H]12. The van der Waals surface area contributed by atoms with Crippen molar-refractivity contribution in [3.05, 3.63) is 11.6 Å². The molecule has 1 saturated heterocycles. The molecular weight excluding hydrogens is 456 g/mol. The summed E-state index contributed by atoms with van der Waals surface area (Å²) in [5.41, 5.74) is 1.48. The van der Waals surface area contributed by atoms with Crippen LogP contribution in [-0.2, 0) is 28.5 Å². The van der Waals surface area contributed by atoms with Crippen molar-refractivity contribution in [3.63, 3.8) is 0 Å². The van der Waals surface area contributed by atoms with Crippen molar-refractivity contribution in [2.45, 2.75) is 117 Å². The van der Waals surface area contributed by atoms with E-state index in [2.05, 4.69) is 19.9 Å². The standard InChI is InChI=1S/C30H46O6/c1-5-21-16-26(36-20(3)32)29(4)13-12-25-24(28(21)29)10-9-22-17-23(35-19(2)31)11-14-30(22,25)18-34-27-8-6-7-15-33-27/h9,21,23-28H,5-8,10-18H2,1-4H3/t21?,23?,24-,25-,26?,27?,28+,29-,30-/m1/s1. The third kappa shape index (κ3) is 4.66. The van der Waals surface area contributed by atoms with Gasteiger partial charge in [0, 0.05) is 37.7 Å². The van der Waals surface area contributed by atoms with Crippen molar-refractivity contribution < 1.29 is 28.5 Å². The smallest absolute Gasteiger partial charge is 0.302 e. The van der Waals surface area contributed by atoms with Crippen LogP contribution in [0, 0.1) is 34.5 Å². The van der Waals surface area contributed by atoms with E-state index in [0.717, 1.165) is 77.2 Å². The predicted molar refractivity (Wildman–Crippen MR) is 136 cm³/mol. The molecule has 6 nitrogen and oxygen atoms in total. The van der Waals surface area contributed by atoms with Gasteiger partial charge in [-0.1, -0.05) is 31.9 Å². The van der Waals surface area contributed by atoms with Gasteiger partial charge in [0.25, 0.3) is 0 Å². The highest BCUT2D eigenvalue weighted by molar-refractivity contribution is 5.66. The maximum Gasteiger partial charge on any atom is 0.302 e. The fourth-order valence-electron chi connectivity index (χ4n) is 9.15. The van der Waals surface area contributed by atoms with Crippen LogP contribution < -0.4 is 0 Å². The number of ether oxygens (including phenoxy) is 4. The number of carbonyl (C=O) groups is 2. The minimum atomic E-state index is -0.185. The van der Waals surface area contributed by atoms with Gasteiger partial charge >= 0.3 is 11.9 Å². The molecule has 4 unspecified atom stereocenters. The Morgan fingerprint density at radius 2 is 1.89 bits per heavy atom. The molecule has 4 fully saturated rings. The van der Waals surface area contributed by atoms with E-state index in [4.69, 9.17) is 18.9 Å². The minimum absolute atomic E-state index is 0.0144. The zero-order valence-electron chi connectivity index (χ0n) is 22.8. The van der Waals surface area contributed by atoms with Gasteiger partial charge in [-0.25, -0.2) is 0 Å². The summed E-state index contributed by atoms with van der Waals surface area (Å²) in [5.74, 6) is 1.92. The van der Waals surface area contributed by atoms with Gasteiger partial charge in [-0.2, -0.15) is 0 Å². The summed E-state index contributed by atoms with van der Waals surface area (Å²) in [7, 11) is 0. The fourth-order valence-corrected chi connectivity index (χ4v) is 9.15. The maximum absolute atomic E-state index is 12.0. The highest BCUT2D eigenvalue weighted by atomic mass is 16.7. The normalized spacial score (nSPS) is 44.0. The van der Waals surface area contributed by atoms with E-state index in [1.807, 2.05) is 0 Å². The van der Waals surface area contributed by atoms with Gasteiger partial charge in [0.2, 0.25) is 0 Å². The molecule has 5 aliphatic rings. The third-order valence-corrected chi connectivity index (χ3v) is 10.7. The van der Waals surface area contributed by atoms with Crippen molar-refractivity contribution in [1.82, 2.24) is 0 Å². The summed E-state index contributed by atoms with van der Waals surface area (Å²) in [5, 5.41) is 0. The van der Waals surface area contributed by atoms with Crippen molar-refractivity contribution in [2.24, 2.45) is 34.5 Å². The summed E-state index contributed by atoms with van der Waals surface area (Å²) >= 11 is 0. The van der Waals surface area contributed by atoms with Crippen LogP contribution in [0.25, 0.3) is 0 Å². The van der Waals surface area contributed by atoms with Gasteiger partial charge in [0.15, 0.2) is 6.29 Å². The summed E-state index contributed by atoms with van der Waals surface area (Å²) in [6, 6.07) is 0. The van der Waals surface area contributed by atoms with Crippen molar-refractivity contribution in [1.29, 1.82) is 0 Å². The number of hydrogen-bond donors (Lipinski definition) is 0. The number of carbonyl (C=O) groups excluding carboxylic acids is 2. The molecule has 0 aromatic carbocycles. The van der Waals surface area contributed by atoms with Crippen LogP contribution in [-0.4, -0.2) is 43.7 Å². The Morgan fingerprint density at radius 1 is 1.08 bits per heavy atom. The van der Waals surface area contributed by atoms with Crippen LogP contribution in [0.1, 0.15) is 98.3 Å². The molecule has 202 valence electrons. The molecule has 6 heteroatoms. The highest BCUT2D eigenvalue weighted by Crippen LogP contribution is 2.67. The molecule has 5 rings (SSSR count). The van der Waals surface area contributed by atoms with E-state index in [1.54, 1.807) is 6.92 Å². The van der Waals surface area contributed by atoms with Crippen LogP contribution in [0.15, 0.2) is 11.6 Å². The Kier molecular flexibility index (Phi) is 7.57. The largest absolute Gasteiger partial charge is 0.462 e. The Morgan fingerprint density at radius 3 is 2.58 bits per heavy atom. The van der Waals surface area contributed by atoms with Crippen LogP contribution in [0.5, 0.6) is 0 Å². The van der Waals surface area contributed by atoms with Crippen LogP contribution >= 0.6 is 0 Å². The lowest BCUT2D eigenvalue weighted by atomic mass is 9.46. The van der Waals surface area contributed by atoms with E-state index in [1.165, 1.54) is 12.5 Å². The van der Waals surface area contributed by atoms with Gasteiger partial charge < -0.3 is 18.9 Å². The molecule has 0 amide bonds. The van der Waals surface area contributed by atoms with E-state index < -0.39 is 0 Å². The van der Waals surface area contributed by atoms with Gasteiger partial charge in [0.05, 0.1) is 6.61 Å². The maximum atomic E-state index is 12.0. The second-order valence-electron chi connectivity index (χ2n) is 12.5. The van der Waals surface area contributed by atoms with E-state index in [0.29, 0.717) is 30.3 Å². The molecule has 0 aromatic rings. The minimum Gasteiger partial charge on any atom is -0.462 e. The summed E-state index contributed by atoms with van der Waals surface area (Å²) in [6.07, 6.45) is 13.8. The van der Waals surface area contributed by atoms with Gasteiger partial charge in [0.1, 0.15) is 12.2 Å². The second kappa shape index (κ2) is 10.4. The number of esters is 2. The molecule has 1 heterocycles. The number of fused-ring (bicyclic) bond motifs is 5. The zero-order chi connectivity index (χ0) is 25.5. The quantitative estimate of drug-likeness (QED) is 0.329. The molecule has 9 atom stereocenters. The Labute approximate surface area is 216 Å². The number of rotatable bonds is 6. The molecule has 0 radical (unpaired) electrons. The molecule has 0 spiro atoms. The summed E-state index contributed by atoms with van der Waals surface area (Å²) in [4.78, 5) is 23.7. The number of allylic oxidation sites excluding steroid dienone is 1. The lowest BCUT2D eigenvalue weighted by molar-refractivity contribution is -0.194. The second-order valence-corrected chi connectivity index (χ2v) is 12.5. The molecule has 0 bridgehead atoms. The first-order chi connectivity index (χ1) is 17.3. The molecule has 4 aliphatic carbocycles. The van der Waals surface area contributed by atoms with Crippen molar-refractivity contribution in [2.75, 3.05) is 13.2 Å². The molecular formula is C30H46O6. The fraction of sp³-hybridized carbons (Fsp3) is 0.867. The van der Waals surface area contributed by atoms with E-state index in [-0.39, 0.29) is 41.3 Å². The van der Waals surface area contributed by atoms with Gasteiger partial charge in [-0.3, -0.25) is 9.59 Å². The van der Waals surface area contributed by atoms with E-state index in [9.17, 15) is 9.59 Å². The Balaban J connectivity index is 1.44. The third-order valence-electron chi connectivity index (χ3n) is 10.7. The molecule has 0 N–H and O–H groups in total. The Bertz CT molecular complexity index is 862. The Hall–Kier alpha value is -1.40. The first-order valence-corrected chi connectivity index (χ1v) is 14.5.